The van der Waals surface area contributed by atoms with E-state index in [-0.39, 0.29) is 18.1 Å². The number of ketones is 1. The van der Waals surface area contributed by atoms with E-state index in [1.165, 1.54) is 0 Å². The summed E-state index contributed by atoms with van der Waals surface area (Å²) in [4.78, 5) is 18.6. The maximum atomic E-state index is 11.5. The van der Waals surface area contributed by atoms with E-state index in [1.807, 2.05) is 26.0 Å². The van der Waals surface area contributed by atoms with Gasteiger partial charge in [0, 0.05) is 12.1 Å². The summed E-state index contributed by atoms with van der Waals surface area (Å²) in [6, 6.07) is 3.70. The highest BCUT2D eigenvalue weighted by Crippen LogP contribution is 2.13. The Hall–Kier alpha value is -1.91. The normalized spacial score (nSPS) is 10.9. The fourth-order valence-corrected chi connectivity index (χ4v) is 1.26. The van der Waals surface area contributed by atoms with Gasteiger partial charge in [-0.15, -0.1) is 0 Å². The summed E-state index contributed by atoms with van der Waals surface area (Å²) >= 11 is 0. The Kier molecular flexibility index (Phi) is 2.85. The van der Waals surface area contributed by atoms with Crippen LogP contribution < -0.4 is 0 Å². The van der Waals surface area contributed by atoms with E-state index in [9.17, 15) is 4.79 Å². The third kappa shape index (κ3) is 2.18. The van der Waals surface area contributed by atoms with Crippen molar-refractivity contribution in [1.29, 1.82) is 0 Å². The fourth-order valence-electron chi connectivity index (χ4n) is 1.26. The lowest BCUT2D eigenvalue weighted by Crippen LogP contribution is -2.10. The minimum atomic E-state index is -0.0131. The topological polar surface area (TPSA) is 71.8 Å². The first-order valence-electron chi connectivity index (χ1n) is 5.16. The molecule has 0 unspecified atom stereocenters. The van der Waals surface area contributed by atoms with Crippen LogP contribution in [0.3, 0.4) is 0 Å². The zero-order valence-electron chi connectivity index (χ0n) is 9.23. The molecule has 0 fully saturated rings. The molecule has 0 atom stereocenters. The van der Waals surface area contributed by atoms with Crippen molar-refractivity contribution in [2.45, 2.75) is 20.3 Å². The fraction of sp³-hybridized carbons (Fsp3) is 0.364. The lowest BCUT2D eigenvalue weighted by Gasteiger charge is -1.98. The molecule has 0 amide bonds. The van der Waals surface area contributed by atoms with Crippen molar-refractivity contribution in [3.8, 4) is 11.5 Å². The number of H-pyrrole nitrogens is 1. The van der Waals surface area contributed by atoms with Gasteiger partial charge in [0.25, 0.3) is 0 Å². The van der Waals surface area contributed by atoms with E-state index in [0.29, 0.717) is 11.7 Å². The largest absolute Gasteiger partial charge is 0.359 e. The van der Waals surface area contributed by atoms with E-state index in [1.54, 1.807) is 6.20 Å². The van der Waals surface area contributed by atoms with E-state index in [4.69, 9.17) is 4.52 Å². The maximum absolute atomic E-state index is 11.5. The van der Waals surface area contributed by atoms with Gasteiger partial charge in [-0.3, -0.25) is 4.79 Å². The number of carbonyl (C=O) groups is 1. The van der Waals surface area contributed by atoms with Crippen molar-refractivity contribution in [3.05, 3.63) is 24.2 Å². The molecule has 0 saturated carbocycles. The van der Waals surface area contributed by atoms with Crippen LogP contribution in [0.2, 0.25) is 0 Å². The highest BCUT2D eigenvalue weighted by molar-refractivity contribution is 5.81. The lowest BCUT2D eigenvalue weighted by molar-refractivity contribution is -0.121. The first-order valence-corrected chi connectivity index (χ1v) is 5.16. The second-order valence-electron chi connectivity index (χ2n) is 3.89. The molecule has 0 radical (unpaired) electrons. The van der Waals surface area contributed by atoms with Crippen molar-refractivity contribution in [2.75, 3.05) is 0 Å². The molecule has 0 aliphatic rings. The molecular formula is C11H13N3O2. The molecule has 0 saturated heterocycles. The van der Waals surface area contributed by atoms with E-state index in [0.717, 1.165) is 5.69 Å². The highest BCUT2D eigenvalue weighted by Gasteiger charge is 2.14. The van der Waals surface area contributed by atoms with Gasteiger partial charge in [0.2, 0.25) is 11.7 Å². The number of Topliss-reactive ketones (excluding diaryl/α,β-unsaturated/α-hetero) is 1. The number of nitrogens with one attached hydrogen (secondary N) is 1. The number of rotatable bonds is 4. The van der Waals surface area contributed by atoms with Gasteiger partial charge in [-0.1, -0.05) is 19.0 Å². The minimum absolute atomic E-state index is 0.0131. The van der Waals surface area contributed by atoms with Crippen LogP contribution in [-0.2, 0) is 11.2 Å². The van der Waals surface area contributed by atoms with Gasteiger partial charge in [-0.05, 0) is 12.1 Å². The Labute approximate surface area is 92.9 Å². The summed E-state index contributed by atoms with van der Waals surface area (Å²) in [5.74, 6) is 0.933. The quantitative estimate of drug-likeness (QED) is 0.851. The average molecular weight is 219 g/mol. The molecule has 5 nitrogen and oxygen atoms in total. The van der Waals surface area contributed by atoms with Crippen LogP contribution >= 0.6 is 0 Å². The molecule has 0 spiro atoms. The van der Waals surface area contributed by atoms with Crippen LogP contribution in [0.25, 0.3) is 11.5 Å². The molecule has 0 aromatic carbocycles. The predicted molar refractivity (Wildman–Crippen MR) is 57.6 cm³/mol. The summed E-state index contributed by atoms with van der Waals surface area (Å²) in [5.41, 5.74) is 0.784. The van der Waals surface area contributed by atoms with Gasteiger partial charge in [0.1, 0.15) is 5.78 Å². The van der Waals surface area contributed by atoms with Crippen molar-refractivity contribution >= 4 is 5.78 Å². The highest BCUT2D eigenvalue weighted by atomic mass is 16.5. The predicted octanol–water partition coefficient (Wildman–Crippen LogP) is 1.83. The molecule has 2 heterocycles. The average Bonchev–Trinajstić information content (AvgIpc) is 2.85. The van der Waals surface area contributed by atoms with Gasteiger partial charge < -0.3 is 9.51 Å². The zero-order chi connectivity index (χ0) is 11.5. The van der Waals surface area contributed by atoms with Crippen LogP contribution in [0.1, 0.15) is 19.7 Å². The van der Waals surface area contributed by atoms with Crippen LogP contribution in [0.15, 0.2) is 22.9 Å². The third-order valence-electron chi connectivity index (χ3n) is 2.28. The standard InChI is InChI=1S/C11H13N3O2/c1-7(2)9(15)6-10-13-11(14-16-10)8-4-3-5-12-8/h3-5,7,12H,6H2,1-2H3. The van der Waals surface area contributed by atoms with Crippen LogP contribution in [-0.4, -0.2) is 20.9 Å². The summed E-state index contributed by atoms with van der Waals surface area (Å²) < 4.78 is 5.01. The maximum Gasteiger partial charge on any atom is 0.234 e. The molecule has 5 heteroatoms. The third-order valence-corrected chi connectivity index (χ3v) is 2.28. The van der Waals surface area contributed by atoms with Gasteiger partial charge in [0.15, 0.2) is 0 Å². The Morgan fingerprint density at radius 3 is 3.00 bits per heavy atom. The van der Waals surface area contributed by atoms with Crippen molar-refractivity contribution in [1.82, 2.24) is 15.1 Å². The zero-order valence-corrected chi connectivity index (χ0v) is 9.23. The van der Waals surface area contributed by atoms with E-state index < -0.39 is 0 Å². The molecule has 84 valence electrons. The molecule has 2 rings (SSSR count). The molecule has 0 aliphatic heterocycles. The summed E-state index contributed by atoms with van der Waals surface area (Å²) in [6.45, 7) is 3.70. The van der Waals surface area contributed by atoms with Crippen molar-refractivity contribution < 1.29 is 9.32 Å². The van der Waals surface area contributed by atoms with Crippen LogP contribution in [0.5, 0.6) is 0 Å². The first kappa shape index (κ1) is 10.6. The van der Waals surface area contributed by atoms with Crippen molar-refractivity contribution in [3.63, 3.8) is 0 Å². The molecule has 2 aromatic rings. The number of aromatic nitrogens is 3. The van der Waals surface area contributed by atoms with Gasteiger partial charge in [-0.2, -0.15) is 4.98 Å². The van der Waals surface area contributed by atoms with Gasteiger partial charge in [-0.25, -0.2) is 0 Å². The van der Waals surface area contributed by atoms with Crippen molar-refractivity contribution in [2.24, 2.45) is 5.92 Å². The van der Waals surface area contributed by atoms with Crippen LogP contribution in [0, 0.1) is 5.92 Å². The summed E-state index contributed by atoms with van der Waals surface area (Å²) in [5, 5.41) is 3.80. The minimum Gasteiger partial charge on any atom is -0.359 e. The Morgan fingerprint density at radius 1 is 1.56 bits per heavy atom. The number of hydrogen-bond acceptors (Lipinski definition) is 4. The van der Waals surface area contributed by atoms with Crippen LogP contribution in [0.4, 0.5) is 0 Å². The molecule has 0 aliphatic carbocycles. The Balaban J connectivity index is 2.11. The van der Waals surface area contributed by atoms with Gasteiger partial charge in [0.05, 0.1) is 12.1 Å². The number of nitrogens with zero attached hydrogens (tertiary/aromatic N) is 2. The summed E-state index contributed by atoms with van der Waals surface area (Å²) in [7, 11) is 0. The lowest BCUT2D eigenvalue weighted by atomic mass is 10.1. The Bertz CT molecular complexity index is 471. The van der Waals surface area contributed by atoms with E-state index in [2.05, 4.69) is 15.1 Å². The number of hydrogen-bond donors (Lipinski definition) is 1. The van der Waals surface area contributed by atoms with Gasteiger partial charge >= 0.3 is 0 Å². The number of carbonyl (C=O) groups excluding carboxylic acids is 1. The first-order chi connectivity index (χ1) is 7.66. The monoisotopic (exact) mass is 219 g/mol. The second kappa shape index (κ2) is 4.30. The number of aromatic amines is 1. The molecule has 0 bridgehead atoms. The molecule has 1 N–H and O–H groups in total. The SMILES string of the molecule is CC(C)C(=O)Cc1nc(-c2ccc[nH]2)no1. The smallest absolute Gasteiger partial charge is 0.234 e. The molecule has 16 heavy (non-hydrogen) atoms. The molecule has 2 aromatic heterocycles. The summed E-state index contributed by atoms with van der Waals surface area (Å²) in [6.07, 6.45) is 1.98. The second-order valence-corrected chi connectivity index (χ2v) is 3.89. The molecular weight excluding hydrogens is 206 g/mol. The van der Waals surface area contributed by atoms with E-state index >= 15 is 0 Å². The Morgan fingerprint density at radius 2 is 2.38 bits per heavy atom.